The number of aromatic amines is 1. The highest BCUT2D eigenvalue weighted by atomic mass is 16.5. The summed E-state index contributed by atoms with van der Waals surface area (Å²) in [4.78, 5) is 25.6. The highest BCUT2D eigenvalue weighted by Crippen LogP contribution is 2.35. The Kier molecular flexibility index (Phi) is 3.43. The van der Waals surface area contributed by atoms with E-state index in [1.54, 1.807) is 24.1 Å². The zero-order valence-electron chi connectivity index (χ0n) is 11.3. The van der Waals surface area contributed by atoms with Crippen LogP contribution < -0.4 is 11.2 Å². The van der Waals surface area contributed by atoms with Crippen molar-refractivity contribution in [2.75, 3.05) is 6.61 Å². The summed E-state index contributed by atoms with van der Waals surface area (Å²) in [5.41, 5.74) is -0.522. The van der Waals surface area contributed by atoms with E-state index >= 15 is 0 Å². The number of nitrogens with zero attached hydrogens (tertiary/aromatic N) is 4. The van der Waals surface area contributed by atoms with Gasteiger partial charge in [0.25, 0.3) is 5.56 Å². The van der Waals surface area contributed by atoms with E-state index < -0.39 is 23.6 Å². The monoisotopic (exact) mass is 293 g/mol. The molecule has 2 aromatic heterocycles. The van der Waals surface area contributed by atoms with Gasteiger partial charge >= 0.3 is 5.69 Å². The van der Waals surface area contributed by atoms with Crippen LogP contribution >= 0.6 is 0 Å². The largest absolute Gasteiger partial charge is 0.394 e. The normalized spacial score (nSPS) is 25.3. The predicted molar refractivity (Wildman–Crippen MR) is 70.7 cm³/mol. The van der Waals surface area contributed by atoms with E-state index in [0.29, 0.717) is 12.0 Å². The molecule has 2 aromatic rings. The summed E-state index contributed by atoms with van der Waals surface area (Å²) >= 11 is 0. The lowest BCUT2D eigenvalue weighted by Gasteiger charge is -2.16. The third-order valence-corrected chi connectivity index (χ3v) is 3.66. The molecule has 3 rings (SSSR count). The van der Waals surface area contributed by atoms with Gasteiger partial charge in [-0.1, -0.05) is 0 Å². The first-order valence-corrected chi connectivity index (χ1v) is 6.52. The molecule has 0 bridgehead atoms. The van der Waals surface area contributed by atoms with Gasteiger partial charge in [-0.15, -0.1) is 10.2 Å². The van der Waals surface area contributed by atoms with Crippen LogP contribution in [0.3, 0.4) is 0 Å². The Labute approximate surface area is 118 Å². The average molecular weight is 293 g/mol. The Hall–Kier alpha value is -2.26. The Morgan fingerprint density at radius 2 is 2.14 bits per heavy atom. The summed E-state index contributed by atoms with van der Waals surface area (Å²) < 4.78 is 8.80. The average Bonchev–Trinajstić information content (AvgIpc) is 3.10. The number of aromatic nitrogens is 5. The van der Waals surface area contributed by atoms with Gasteiger partial charge in [-0.05, 0) is 6.92 Å². The van der Waals surface area contributed by atoms with E-state index in [1.807, 2.05) is 0 Å². The molecule has 3 heterocycles. The van der Waals surface area contributed by atoms with E-state index in [9.17, 15) is 14.7 Å². The number of aliphatic hydroxyl groups excluding tert-OH is 1. The van der Waals surface area contributed by atoms with Crippen LogP contribution in [0.4, 0.5) is 0 Å². The van der Waals surface area contributed by atoms with Crippen molar-refractivity contribution in [3.05, 3.63) is 45.3 Å². The molecule has 0 aliphatic carbocycles. The highest BCUT2D eigenvalue weighted by molar-refractivity contribution is 5.02. The maximum Gasteiger partial charge on any atom is 0.330 e. The maximum atomic E-state index is 11.9. The minimum Gasteiger partial charge on any atom is -0.394 e. The van der Waals surface area contributed by atoms with Gasteiger partial charge in [0.15, 0.2) is 0 Å². The maximum absolute atomic E-state index is 11.9. The number of ether oxygens (including phenoxy) is 1. The SMILES string of the molecule is Cc1cn([C@H]2CC(n3cnnc3)[C@@H](CO)O2)c(=O)[nH]c1=O. The Morgan fingerprint density at radius 3 is 2.81 bits per heavy atom. The first kappa shape index (κ1) is 13.7. The van der Waals surface area contributed by atoms with Crippen molar-refractivity contribution in [3.63, 3.8) is 0 Å². The molecule has 1 fully saturated rings. The van der Waals surface area contributed by atoms with Crippen molar-refractivity contribution >= 4 is 0 Å². The molecule has 21 heavy (non-hydrogen) atoms. The number of nitrogens with one attached hydrogen (secondary N) is 1. The van der Waals surface area contributed by atoms with E-state index in [4.69, 9.17) is 4.74 Å². The standard InChI is InChI=1S/C12H15N5O4/c1-7-3-17(12(20)15-11(7)19)10-2-8(9(4-18)21-10)16-5-13-14-6-16/h3,5-6,8-10,18H,2,4H2,1H3,(H,15,19,20)/t8?,9-,10-/m1/s1. The summed E-state index contributed by atoms with van der Waals surface area (Å²) in [6.45, 7) is 1.43. The van der Waals surface area contributed by atoms with Crippen LogP contribution in [0.2, 0.25) is 0 Å². The number of rotatable bonds is 3. The highest BCUT2D eigenvalue weighted by Gasteiger charge is 2.37. The molecule has 1 saturated heterocycles. The van der Waals surface area contributed by atoms with Gasteiger partial charge in [0, 0.05) is 18.2 Å². The summed E-state index contributed by atoms with van der Waals surface area (Å²) in [5, 5.41) is 16.9. The molecule has 3 atom stereocenters. The van der Waals surface area contributed by atoms with Crippen LogP contribution in [0.1, 0.15) is 24.3 Å². The zero-order valence-corrected chi connectivity index (χ0v) is 11.3. The third-order valence-electron chi connectivity index (χ3n) is 3.66. The molecular formula is C12H15N5O4. The molecule has 2 N–H and O–H groups in total. The van der Waals surface area contributed by atoms with Gasteiger partial charge in [-0.3, -0.25) is 14.3 Å². The van der Waals surface area contributed by atoms with E-state index in [2.05, 4.69) is 15.2 Å². The van der Waals surface area contributed by atoms with Gasteiger partial charge < -0.3 is 14.4 Å². The van der Waals surface area contributed by atoms with Crippen molar-refractivity contribution in [2.24, 2.45) is 0 Å². The topological polar surface area (TPSA) is 115 Å². The first-order valence-electron chi connectivity index (χ1n) is 6.52. The number of H-pyrrole nitrogens is 1. The zero-order chi connectivity index (χ0) is 15.0. The van der Waals surface area contributed by atoms with Crippen molar-refractivity contribution in [3.8, 4) is 0 Å². The van der Waals surface area contributed by atoms with Crippen LogP contribution in [0.15, 0.2) is 28.4 Å². The van der Waals surface area contributed by atoms with Crippen molar-refractivity contribution in [2.45, 2.75) is 31.7 Å². The Morgan fingerprint density at radius 1 is 1.43 bits per heavy atom. The van der Waals surface area contributed by atoms with Crippen molar-refractivity contribution < 1.29 is 9.84 Å². The fraction of sp³-hybridized carbons (Fsp3) is 0.500. The number of hydrogen-bond donors (Lipinski definition) is 2. The predicted octanol–water partition coefficient (Wildman–Crippen LogP) is -1.04. The molecule has 112 valence electrons. The Bertz CT molecular complexity index is 735. The second-order valence-corrected chi connectivity index (χ2v) is 5.00. The molecule has 0 saturated carbocycles. The molecule has 9 nitrogen and oxygen atoms in total. The fourth-order valence-electron chi connectivity index (χ4n) is 2.54. The quantitative estimate of drug-likeness (QED) is 0.746. The van der Waals surface area contributed by atoms with Crippen LogP contribution in [0, 0.1) is 6.92 Å². The number of hydrogen-bond acceptors (Lipinski definition) is 6. The van der Waals surface area contributed by atoms with Gasteiger partial charge in [-0.25, -0.2) is 4.79 Å². The van der Waals surface area contributed by atoms with E-state index in [-0.39, 0.29) is 12.6 Å². The lowest BCUT2D eigenvalue weighted by Crippen LogP contribution is -2.33. The summed E-state index contributed by atoms with van der Waals surface area (Å²) in [6.07, 6.45) is 3.99. The number of aryl methyl sites for hydroxylation is 1. The Balaban J connectivity index is 1.93. The van der Waals surface area contributed by atoms with Crippen LogP contribution in [-0.4, -0.2) is 42.1 Å². The van der Waals surface area contributed by atoms with E-state index in [1.165, 1.54) is 10.8 Å². The molecule has 0 spiro atoms. The summed E-state index contributed by atoms with van der Waals surface area (Å²) in [5.74, 6) is 0. The van der Waals surface area contributed by atoms with Gasteiger partial charge in [0.1, 0.15) is 25.0 Å². The van der Waals surface area contributed by atoms with Crippen molar-refractivity contribution in [1.29, 1.82) is 0 Å². The second kappa shape index (κ2) is 5.26. The van der Waals surface area contributed by atoms with Crippen molar-refractivity contribution in [1.82, 2.24) is 24.3 Å². The lowest BCUT2D eigenvalue weighted by atomic mass is 10.1. The van der Waals surface area contributed by atoms with Crippen LogP contribution in [0.25, 0.3) is 0 Å². The minimum absolute atomic E-state index is 0.172. The molecule has 1 unspecified atom stereocenters. The molecule has 1 aliphatic heterocycles. The van der Waals surface area contributed by atoms with Gasteiger partial charge in [0.2, 0.25) is 0 Å². The second-order valence-electron chi connectivity index (χ2n) is 5.00. The number of aliphatic hydroxyl groups is 1. The lowest BCUT2D eigenvalue weighted by molar-refractivity contribution is -0.0315. The van der Waals surface area contributed by atoms with Crippen LogP contribution in [-0.2, 0) is 4.74 Å². The molecular weight excluding hydrogens is 278 g/mol. The first-order chi connectivity index (χ1) is 10.1. The van der Waals surface area contributed by atoms with Crippen LogP contribution in [0.5, 0.6) is 0 Å². The summed E-state index contributed by atoms with van der Waals surface area (Å²) in [6, 6.07) is -0.172. The molecule has 9 heteroatoms. The minimum atomic E-state index is -0.558. The van der Waals surface area contributed by atoms with Gasteiger partial charge in [0.05, 0.1) is 12.6 Å². The molecule has 0 amide bonds. The molecule has 1 aliphatic rings. The fourth-order valence-corrected chi connectivity index (χ4v) is 2.54. The molecule has 0 radical (unpaired) electrons. The summed E-state index contributed by atoms with van der Waals surface area (Å²) in [7, 11) is 0. The molecule has 0 aromatic carbocycles. The smallest absolute Gasteiger partial charge is 0.330 e. The van der Waals surface area contributed by atoms with Gasteiger partial charge in [-0.2, -0.15) is 0 Å². The van der Waals surface area contributed by atoms with E-state index in [0.717, 1.165) is 0 Å². The third kappa shape index (κ3) is 2.41.